The Labute approximate surface area is 149 Å². The highest BCUT2D eigenvalue weighted by Crippen LogP contribution is 2.29. The lowest BCUT2D eigenvalue weighted by Gasteiger charge is -2.28. The molecule has 1 aliphatic rings. The number of hydrogen-bond donors (Lipinski definition) is 0. The summed E-state index contributed by atoms with van der Waals surface area (Å²) in [6.45, 7) is 3.58. The van der Waals surface area contributed by atoms with E-state index in [4.69, 9.17) is 4.74 Å². The number of hydrogen-bond acceptors (Lipinski definition) is 4. The number of carbonyl (C=O) groups excluding carboxylic acids is 1. The Balaban J connectivity index is 1.98. The van der Waals surface area contributed by atoms with E-state index in [-0.39, 0.29) is 18.3 Å². The van der Waals surface area contributed by atoms with Crippen molar-refractivity contribution in [3.63, 3.8) is 0 Å². The largest absolute Gasteiger partial charge is 0.464 e. The Hall–Kier alpha value is -1.43. The number of esters is 1. The molecule has 1 saturated carbocycles. The van der Waals surface area contributed by atoms with Gasteiger partial charge in [0.05, 0.1) is 11.9 Å². The van der Waals surface area contributed by atoms with Gasteiger partial charge in [0.2, 0.25) is 0 Å². The maximum atomic E-state index is 12.9. The predicted octanol–water partition coefficient (Wildman–Crippen LogP) is 3.68. The van der Waals surface area contributed by atoms with Crippen LogP contribution in [0, 0.1) is 11.7 Å². The van der Waals surface area contributed by atoms with Crippen molar-refractivity contribution in [3.05, 3.63) is 35.6 Å². The number of rotatable bonds is 7. The Morgan fingerprint density at radius 3 is 2.32 bits per heavy atom. The fraction of sp³-hybridized carbons (Fsp3) is 0.632. The first kappa shape index (κ1) is 19.9. The standard InChI is InChI=1S/C19H27FO4S/c1-14(2)18(25(22,23)17-6-4-3-5-7-17)19(21)24-13-12-15-8-10-16(20)11-9-15/h8-11,14,17-18H,3-7,12-13H2,1-2H3/t18-/m1/s1. The zero-order valence-corrected chi connectivity index (χ0v) is 15.7. The molecule has 4 nitrogen and oxygen atoms in total. The van der Waals surface area contributed by atoms with Crippen molar-refractivity contribution in [3.8, 4) is 0 Å². The monoisotopic (exact) mass is 370 g/mol. The highest BCUT2D eigenvalue weighted by molar-refractivity contribution is 7.93. The molecular formula is C19H27FO4S. The fourth-order valence-corrected chi connectivity index (χ4v) is 5.89. The van der Waals surface area contributed by atoms with Gasteiger partial charge in [0, 0.05) is 6.42 Å². The minimum atomic E-state index is -3.55. The molecule has 0 aromatic heterocycles. The first-order valence-electron chi connectivity index (χ1n) is 8.96. The van der Waals surface area contributed by atoms with Gasteiger partial charge in [-0.3, -0.25) is 4.79 Å². The van der Waals surface area contributed by atoms with Gasteiger partial charge in [-0.1, -0.05) is 45.2 Å². The zero-order chi connectivity index (χ0) is 18.4. The van der Waals surface area contributed by atoms with Gasteiger partial charge in [-0.25, -0.2) is 12.8 Å². The second-order valence-corrected chi connectivity index (χ2v) is 9.41. The molecule has 6 heteroatoms. The highest BCUT2D eigenvalue weighted by Gasteiger charge is 2.42. The first-order valence-corrected chi connectivity index (χ1v) is 10.6. The van der Waals surface area contributed by atoms with Crippen molar-refractivity contribution in [2.45, 2.75) is 62.9 Å². The molecule has 0 unspecified atom stereocenters. The molecule has 0 radical (unpaired) electrons. The van der Waals surface area contributed by atoms with Crippen LogP contribution in [0.1, 0.15) is 51.5 Å². The zero-order valence-electron chi connectivity index (χ0n) is 14.9. The Morgan fingerprint density at radius 1 is 1.16 bits per heavy atom. The van der Waals surface area contributed by atoms with Crippen LogP contribution in [-0.2, 0) is 25.8 Å². The molecule has 140 valence electrons. The van der Waals surface area contributed by atoms with Crippen molar-refractivity contribution in [2.75, 3.05) is 6.61 Å². The van der Waals surface area contributed by atoms with Gasteiger partial charge < -0.3 is 4.74 Å². The lowest BCUT2D eigenvalue weighted by atomic mass is 10.0. The van der Waals surface area contributed by atoms with Gasteiger partial charge in [0.25, 0.3) is 0 Å². The topological polar surface area (TPSA) is 60.4 Å². The summed E-state index contributed by atoms with van der Waals surface area (Å²) in [6.07, 6.45) is 4.55. The summed E-state index contributed by atoms with van der Waals surface area (Å²) in [6, 6.07) is 5.95. The van der Waals surface area contributed by atoms with E-state index in [0.29, 0.717) is 19.3 Å². The van der Waals surface area contributed by atoms with E-state index in [1.165, 1.54) is 12.1 Å². The van der Waals surface area contributed by atoms with E-state index >= 15 is 0 Å². The molecule has 1 aromatic carbocycles. The summed E-state index contributed by atoms with van der Waals surface area (Å²) in [5.41, 5.74) is 0.838. The second kappa shape index (κ2) is 8.79. The third kappa shape index (κ3) is 5.27. The van der Waals surface area contributed by atoms with Crippen molar-refractivity contribution in [2.24, 2.45) is 5.92 Å². The maximum absolute atomic E-state index is 12.9. The van der Waals surface area contributed by atoms with Crippen LogP contribution in [-0.4, -0.2) is 31.5 Å². The van der Waals surface area contributed by atoms with Gasteiger partial charge in [-0.15, -0.1) is 0 Å². The normalized spacial score (nSPS) is 17.4. The minimum absolute atomic E-state index is 0.0911. The SMILES string of the molecule is CC(C)[C@H](C(=O)OCCc1ccc(F)cc1)S(=O)(=O)C1CCCCC1. The molecule has 0 N–H and O–H groups in total. The third-order valence-corrected chi connectivity index (χ3v) is 7.60. The minimum Gasteiger partial charge on any atom is -0.464 e. The Morgan fingerprint density at radius 2 is 1.76 bits per heavy atom. The summed E-state index contributed by atoms with van der Waals surface area (Å²) in [4.78, 5) is 12.5. The van der Waals surface area contributed by atoms with Crippen LogP contribution in [0.15, 0.2) is 24.3 Å². The highest BCUT2D eigenvalue weighted by atomic mass is 32.2. The summed E-state index contributed by atoms with van der Waals surface area (Å²) in [5, 5.41) is -1.54. The van der Waals surface area contributed by atoms with E-state index in [1.54, 1.807) is 26.0 Å². The number of carbonyl (C=O) groups is 1. The number of ether oxygens (including phenoxy) is 1. The van der Waals surface area contributed by atoms with Crippen molar-refractivity contribution >= 4 is 15.8 Å². The molecule has 0 aliphatic heterocycles. The molecule has 1 aliphatic carbocycles. The quantitative estimate of drug-likeness (QED) is 0.687. The predicted molar refractivity (Wildman–Crippen MR) is 95.5 cm³/mol. The summed E-state index contributed by atoms with van der Waals surface area (Å²) >= 11 is 0. The fourth-order valence-electron chi connectivity index (χ4n) is 3.39. The molecule has 1 aromatic rings. The smallest absolute Gasteiger partial charge is 0.324 e. The van der Waals surface area contributed by atoms with Crippen LogP contribution in [0.2, 0.25) is 0 Å². The second-order valence-electron chi connectivity index (χ2n) is 7.06. The summed E-state index contributed by atoms with van der Waals surface area (Å²) in [5.74, 6) is -1.31. The van der Waals surface area contributed by atoms with E-state index < -0.39 is 26.3 Å². The molecule has 1 fully saturated rings. The average Bonchev–Trinajstić information content (AvgIpc) is 2.57. The van der Waals surface area contributed by atoms with Gasteiger partial charge in [-0.05, 0) is 36.5 Å². The third-order valence-electron chi connectivity index (χ3n) is 4.76. The molecule has 0 heterocycles. The molecule has 0 spiro atoms. The van der Waals surface area contributed by atoms with E-state index in [2.05, 4.69) is 0 Å². The lowest BCUT2D eigenvalue weighted by Crippen LogP contribution is -2.43. The molecule has 0 bridgehead atoms. The van der Waals surface area contributed by atoms with Crippen LogP contribution < -0.4 is 0 Å². The molecule has 25 heavy (non-hydrogen) atoms. The maximum Gasteiger partial charge on any atom is 0.324 e. The molecule has 1 atom stereocenters. The number of halogens is 1. The number of benzene rings is 1. The number of sulfone groups is 1. The van der Waals surface area contributed by atoms with Crippen molar-refractivity contribution in [1.29, 1.82) is 0 Å². The van der Waals surface area contributed by atoms with Gasteiger partial charge in [0.1, 0.15) is 5.82 Å². The molecule has 2 rings (SSSR count). The van der Waals surface area contributed by atoms with Crippen LogP contribution in [0.5, 0.6) is 0 Å². The Kier molecular flexibility index (Phi) is 6.99. The van der Waals surface area contributed by atoms with Crippen LogP contribution in [0.25, 0.3) is 0 Å². The van der Waals surface area contributed by atoms with Gasteiger partial charge >= 0.3 is 5.97 Å². The lowest BCUT2D eigenvalue weighted by molar-refractivity contribution is -0.143. The molecule has 0 amide bonds. The van der Waals surface area contributed by atoms with Gasteiger partial charge in [0.15, 0.2) is 15.1 Å². The van der Waals surface area contributed by atoms with E-state index in [0.717, 1.165) is 24.8 Å². The summed E-state index contributed by atoms with van der Waals surface area (Å²) < 4.78 is 43.9. The van der Waals surface area contributed by atoms with Crippen molar-refractivity contribution < 1.29 is 22.3 Å². The molecule has 0 saturated heterocycles. The van der Waals surface area contributed by atoms with Crippen LogP contribution in [0.4, 0.5) is 4.39 Å². The van der Waals surface area contributed by atoms with Crippen LogP contribution >= 0.6 is 0 Å². The average molecular weight is 370 g/mol. The molecular weight excluding hydrogens is 343 g/mol. The van der Waals surface area contributed by atoms with Crippen LogP contribution in [0.3, 0.4) is 0 Å². The summed E-state index contributed by atoms with van der Waals surface area (Å²) in [7, 11) is -3.55. The van der Waals surface area contributed by atoms with E-state index in [1.807, 2.05) is 0 Å². The van der Waals surface area contributed by atoms with Crippen molar-refractivity contribution in [1.82, 2.24) is 0 Å². The Bertz CT molecular complexity index is 661. The first-order chi connectivity index (χ1) is 11.8. The van der Waals surface area contributed by atoms with Gasteiger partial charge in [-0.2, -0.15) is 0 Å². The van der Waals surface area contributed by atoms with E-state index in [9.17, 15) is 17.6 Å².